The first-order valence-electron chi connectivity index (χ1n) is 17.5. The van der Waals surface area contributed by atoms with Crippen molar-refractivity contribution in [2.24, 2.45) is 0 Å². The zero-order valence-electron chi connectivity index (χ0n) is 27.2. The van der Waals surface area contributed by atoms with Crippen molar-refractivity contribution in [3.8, 4) is 0 Å². The minimum absolute atomic E-state index is 0.194. The van der Waals surface area contributed by atoms with Gasteiger partial charge in [0.2, 0.25) is 17.8 Å². The van der Waals surface area contributed by atoms with Crippen LogP contribution in [0.5, 0.6) is 0 Å². The number of aromatic nitrogens is 2. The summed E-state index contributed by atoms with van der Waals surface area (Å²) in [6, 6.07) is 14.2. The van der Waals surface area contributed by atoms with Gasteiger partial charge in [-0.25, -0.2) is 9.97 Å². The number of aliphatic hydroxyl groups is 1. The van der Waals surface area contributed by atoms with Crippen LogP contribution in [-0.4, -0.2) is 80.9 Å². The van der Waals surface area contributed by atoms with Crippen LogP contribution in [0, 0.1) is 0 Å². The van der Waals surface area contributed by atoms with Gasteiger partial charge in [0, 0.05) is 75.4 Å². The lowest BCUT2D eigenvalue weighted by molar-refractivity contribution is -0.136. The van der Waals surface area contributed by atoms with Crippen LogP contribution in [0.1, 0.15) is 89.9 Å². The normalized spacial score (nSPS) is 23.3. The maximum atomic E-state index is 13.1. The van der Waals surface area contributed by atoms with E-state index in [0.717, 1.165) is 62.6 Å². The molecule has 3 aromatic rings. The van der Waals surface area contributed by atoms with E-state index in [9.17, 15) is 19.5 Å². The fraction of sp³-hybridized carbons (Fsp3) is 0.486. The SMILES string of the molecule is O=C1CCC(N2Cc3cc(C4(O)CCN(Cc5ccc(N6CCC(Nc7ncc(C8CC8)cn7)CC6)cc5)CC4)ccc3C2=O)C(=O)N1. The van der Waals surface area contributed by atoms with Crippen molar-refractivity contribution >= 4 is 29.4 Å². The quantitative estimate of drug-likeness (QED) is 0.313. The van der Waals surface area contributed by atoms with Gasteiger partial charge in [-0.05, 0) is 91.3 Å². The molecule has 1 saturated carbocycles. The van der Waals surface area contributed by atoms with E-state index in [1.807, 2.05) is 24.5 Å². The Morgan fingerprint density at radius 3 is 2.31 bits per heavy atom. The molecule has 11 nitrogen and oxygen atoms in total. The number of imide groups is 1. The number of hydrogen-bond donors (Lipinski definition) is 3. The summed E-state index contributed by atoms with van der Waals surface area (Å²) in [5, 5.41) is 17.6. The summed E-state index contributed by atoms with van der Waals surface area (Å²) in [6.07, 6.45) is 10.3. The summed E-state index contributed by atoms with van der Waals surface area (Å²) in [5.41, 5.74) is 5.02. The van der Waals surface area contributed by atoms with Crippen LogP contribution in [0.15, 0.2) is 54.9 Å². The number of amides is 3. The molecule has 1 unspecified atom stereocenters. The Morgan fingerprint density at radius 1 is 0.896 bits per heavy atom. The van der Waals surface area contributed by atoms with Crippen LogP contribution < -0.4 is 15.5 Å². The number of rotatable bonds is 8. The molecule has 250 valence electrons. The number of hydrogen-bond acceptors (Lipinski definition) is 9. The molecule has 1 aromatic heterocycles. The zero-order chi connectivity index (χ0) is 32.8. The van der Waals surface area contributed by atoms with Crippen molar-refractivity contribution in [3.63, 3.8) is 0 Å². The van der Waals surface area contributed by atoms with Crippen molar-refractivity contribution < 1.29 is 19.5 Å². The molecule has 5 aliphatic rings. The van der Waals surface area contributed by atoms with Gasteiger partial charge >= 0.3 is 0 Å². The van der Waals surface area contributed by atoms with Crippen LogP contribution in [0.25, 0.3) is 0 Å². The third kappa shape index (κ3) is 6.28. The van der Waals surface area contributed by atoms with E-state index in [1.165, 1.54) is 29.7 Å². The summed E-state index contributed by atoms with van der Waals surface area (Å²) < 4.78 is 0. The molecule has 4 aliphatic heterocycles. The molecule has 8 rings (SSSR count). The van der Waals surface area contributed by atoms with E-state index in [0.29, 0.717) is 43.3 Å². The topological polar surface area (TPSA) is 131 Å². The molecule has 3 saturated heterocycles. The van der Waals surface area contributed by atoms with Crippen molar-refractivity contribution in [3.05, 3.63) is 82.7 Å². The van der Waals surface area contributed by atoms with Gasteiger partial charge in [0.25, 0.3) is 5.91 Å². The largest absolute Gasteiger partial charge is 0.385 e. The second kappa shape index (κ2) is 12.6. The molecule has 5 heterocycles. The first kappa shape index (κ1) is 31.0. The number of nitrogens with zero attached hydrogens (tertiary/aromatic N) is 5. The Kier molecular flexibility index (Phi) is 8.12. The van der Waals surface area contributed by atoms with Crippen molar-refractivity contribution in [2.45, 2.75) is 88.1 Å². The molecule has 11 heteroatoms. The fourth-order valence-electron chi connectivity index (χ4n) is 7.81. The number of fused-ring (bicyclic) bond motifs is 1. The van der Waals surface area contributed by atoms with E-state index in [4.69, 9.17) is 0 Å². The van der Waals surface area contributed by atoms with E-state index in [1.54, 1.807) is 11.0 Å². The average molecular weight is 650 g/mol. The molecule has 3 N–H and O–H groups in total. The number of likely N-dealkylation sites (tertiary alicyclic amines) is 1. The molecule has 48 heavy (non-hydrogen) atoms. The minimum Gasteiger partial charge on any atom is -0.385 e. The molecule has 0 spiro atoms. The molecule has 2 aromatic carbocycles. The van der Waals surface area contributed by atoms with Gasteiger partial charge in [-0.2, -0.15) is 0 Å². The van der Waals surface area contributed by atoms with Gasteiger partial charge in [0.1, 0.15) is 6.04 Å². The third-order valence-corrected chi connectivity index (χ3v) is 11.0. The summed E-state index contributed by atoms with van der Waals surface area (Å²) in [7, 11) is 0. The number of benzene rings is 2. The van der Waals surface area contributed by atoms with Crippen molar-refractivity contribution in [1.29, 1.82) is 0 Å². The van der Waals surface area contributed by atoms with E-state index < -0.39 is 17.6 Å². The van der Waals surface area contributed by atoms with Crippen LogP contribution in [0.3, 0.4) is 0 Å². The van der Waals surface area contributed by atoms with E-state index in [-0.39, 0.29) is 18.2 Å². The minimum atomic E-state index is -0.965. The van der Waals surface area contributed by atoms with Gasteiger partial charge in [-0.15, -0.1) is 0 Å². The standard InChI is InChI=1S/C37H43N7O4/c45-33-10-9-32(34(46)41-33)44-23-26-19-28(5-8-31(26)35(44)47)37(48)13-17-42(18-14-37)22-24-1-6-30(7-2-24)43-15-11-29(12-16-43)40-36-38-20-27(21-39-36)25-3-4-25/h1-2,5-8,19-21,25,29,32,48H,3-4,9-18,22-23H2,(H,38,39,40)(H,41,45,46). The second-order valence-corrected chi connectivity index (χ2v) is 14.3. The number of nitrogens with one attached hydrogen (secondary N) is 2. The lowest BCUT2D eigenvalue weighted by Gasteiger charge is -2.39. The molecular weight excluding hydrogens is 606 g/mol. The Bertz CT molecular complexity index is 1690. The summed E-state index contributed by atoms with van der Waals surface area (Å²) in [4.78, 5) is 52.6. The molecule has 1 aliphatic carbocycles. The summed E-state index contributed by atoms with van der Waals surface area (Å²) >= 11 is 0. The zero-order valence-corrected chi connectivity index (χ0v) is 27.2. The van der Waals surface area contributed by atoms with Gasteiger partial charge in [-0.1, -0.05) is 24.3 Å². The highest BCUT2D eigenvalue weighted by Crippen LogP contribution is 2.39. The monoisotopic (exact) mass is 649 g/mol. The van der Waals surface area contributed by atoms with Crippen molar-refractivity contribution in [2.75, 3.05) is 36.4 Å². The highest BCUT2D eigenvalue weighted by Gasteiger charge is 2.41. The molecule has 0 radical (unpaired) electrons. The predicted octanol–water partition coefficient (Wildman–Crippen LogP) is 3.68. The lowest BCUT2D eigenvalue weighted by Crippen LogP contribution is -2.52. The molecule has 3 amide bonds. The number of anilines is 2. The molecule has 1 atom stereocenters. The van der Waals surface area contributed by atoms with Crippen molar-refractivity contribution in [1.82, 2.24) is 25.1 Å². The third-order valence-electron chi connectivity index (χ3n) is 11.0. The molecule has 0 bridgehead atoms. The van der Waals surface area contributed by atoms with Crippen LogP contribution in [-0.2, 0) is 28.3 Å². The molecule has 4 fully saturated rings. The average Bonchev–Trinajstić information content (AvgIpc) is 3.90. The van der Waals surface area contributed by atoms with Gasteiger partial charge < -0.3 is 20.2 Å². The van der Waals surface area contributed by atoms with Gasteiger partial charge in [-0.3, -0.25) is 24.6 Å². The lowest BCUT2D eigenvalue weighted by atomic mass is 9.83. The Hall–Kier alpha value is -4.35. The van der Waals surface area contributed by atoms with Crippen LogP contribution in [0.2, 0.25) is 0 Å². The second-order valence-electron chi connectivity index (χ2n) is 14.3. The van der Waals surface area contributed by atoms with Gasteiger partial charge in [0.15, 0.2) is 0 Å². The van der Waals surface area contributed by atoms with E-state index >= 15 is 0 Å². The van der Waals surface area contributed by atoms with E-state index in [2.05, 4.69) is 54.7 Å². The van der Waals surface area contributed by atoms with Crippen LogP contribution in [0.4, 0.5) is 11.6 Å². The summed E-state index contributed by atoms with van der Waals surface area (Å²) in [6.45, 7) is 4.67. The summed E-state index contributed by atoms with van der Waals surface area (Å²) in [5.74, 6) is 0.506. The highest BCUT2D eigenvalue weighted by molar-refractivity contribution is 6.05. The number of carbonyl (C=O) groups is 3. The predicted molar refractivity (Wildman–Crippen MR) is 180 cm³/mol. The molecular formula is C37H43N7O4. The number of carbonyl (C=O) groups excluding carboxylic acids is 3. The maximum absolute atomic E-state index is 13.1. The van der Waals surface area contributed by atoms with Crippen LogP contribution >= 0.6 is 0 Å². The maximum Gasteiger partial charge on any atom is 0.255 e. The smallest absolute Gasteiger partial charge is 0.255 e. The first-order valence-corrected chi connectivity index (χ1v) is 17.5. The first-order chi connectivity index (χ1) is 23.3. The highest BCUT2D eigenvalue weighted by atomic mass is 16.3. The fourth-order valence-corrected chi connectivity index (χ4v) is 7.81. The number of piperidine rings is 3. The Balaban J connectivity index is 0.815. The Morgan fingerprint density at radius 2 is 1.62 bits per heavy atom. The Labute approximate surface area is 280 Å². The van der Waals surface area contributed by atoms with Gasteiger partial charge in [0.05, 0.1) is 5.60 Å².